The summed E-state index contributed by atoms with van der Waals surface area (Å²) in [5, 5.41) is 6.27. The number of para-hydroxylation sites is 4. The zero-order valence-electron chi connectivity index (χ0n) is 27.0. The van der Waals surface area contributed by atoms with Gasteiger partial charge in [-0.2, -0.15) is 0 Å². The van der Waals surface area contributed by atoms with Gasteiger partial charge in [-0.15, -0.1) is 0 Å². The molecule has 0 radical (unpaired) electrons. The average Bonchev–Trinajstić information content (AvgIpc) is 3.88. The topological polar surface area (TPSA) is 78.1 Å². The summed E-state index contributed by atoms with van der Waals surface area (Å²) in [6.07, 6.45) is 0. The normalized spacial score (nSPS) is 11.9. The zero-order valence-corrected chi connectivity index (χ0v) is 27.0. The summed E-state index contributed by atoms with van der Waals surface area (Å²) in [7, 11) is 0. The third kappa shape index (κ3) is 4.33. The summed E-state index contributed by atoms with van der Waals surface area (Å²) >= 11 is 0. The Labute approximate surface area is 290 Å². The van der Waals surface area contributed by atoms with Crippen molar-refractivity contribution >= 4 is 65.8 Å². The van der Waals surface area contributed by atoms with Crippen molar-refractivity contribution in [3.05, 3.63) is 152 Å². The lowest BCUT2D eigenvalue weighted by Crippen LogP contribution is -2.00. The van der Waals surface area contributed by atoms with E-state index in [1.165, 1.54) is 0 Å². The lowest BCUT2D eigenvalue weighted by atomic mass is 10.0. The molecule has 11 rings (SSSR count). The van der Waals surface area contributed by atoms with E-state index in [4.69, 9.17) is 28.2 Å². The SMILES string of the molecule is c1ccc(-c2nc(-c3ccc4oc5ccccc5c4c3)nc(-c3cccc4c3oc3cc(-c5cccc6c5oc5ccccc56)ccc34)n2)cc1. The van der Waals surface area contributed by atoms with E-state index in [1.54, 1.807) is 0 Å². The van der Waals surface area contributed by atoms with E-state index < -0.39 is 0 Å². The Bertz CT molecular complexity index is 3150. The molecule has 51 heavy (non-hydrogen) atoms. The second-order valence-electron chi connectivity index (χ2n) is 12.8. The first-order valence-electron chi connectivity index (χ1n) is 16.8. The van der Waals surface area contributed by atoms with Crippen molar-refractivity contribution in [2.45, 2.75) is 0 Å². The highest BCUT2D eigenvalue weighted by atomic mass is 16.3. The first kappa shape index (κ1) is 27.9. The molecule has 0 spiro atoms. The molecule has 0 aliphatic rings. The molecule has 0 fully saturated rings. The maximum Gasteiger partial charge on any atom is 0.167 e. The summed E-state index contributed by atoms with van der Waals surface area (Å²) in [5.41, 5.74) is 9.50. The Balaban J connectivity index is 1.09. The minimum absolute atomic E-state index is 0.535. The lowest BCUT2D eigenvalue weighted by Gasteiger charge is -2.09. The molecule has 0 unspecified atom stereocenters. The lowest BCUT2D eigenvalue weighted by molar-refractivity contribution is 0.668. The first-order valence-corrected chi connectivity index (χ1v) is 16.8. The number of hydrogen-bond acceptors (Lipinski definition) is 6. The summed E-state index contributed by atoms with van der Waals surface area (Å²) < 4.78 is 19.2. The number of fused-ring (bicyclic) bond motifs is 9. The van der Waals surface area contributed by atoms with Crippen molar-refractivity contribution in [3.8, 4) is 45.3 Å². The molecule has 0 aliphatic heterocycles. The Morgan fingerprint density at radius 1 is 0.294 bits per heavy atom. The fourth-order valence-corrected chi connectivity index (χ4v) is 7.32. The molecule has 0 aliphatic carbocycles. The maximum absolute atomic E-state index is 6.71. The Morgan fingerprint density at radius 2 is 0.843 bits per heavy atom. The molecular formula is C45H25N3O3. The van der Waals surface area contributed by atoms with Gasteiger partial charge in [0.1, 0.15) is 33.5 Å². The predicted molar refractivity (Wildman–Crippen MR) is 203 cm³/mol. The van der Waals surface area contributed by atoms with Gasteiger partial charge >= 0.3 is 0 Å². The van der Waals surface area contributed by atoms with Crippen molar-refractivity contribution in [3.63, 3.8) is 0 Å². The zero-order chi connectivity index (χ0) is 33.5. The van der Waals surface area contributed by atoms with Gasteiger partial charge in [0.2, 0.25) is 0 Å². The maximum atomic E-state index is 6.71. The van der Waals surface area contributed by atoms with Crippen LogP contribution in [0.5, 0.6) is 0 Å². The molecule has 6 heteroatoms. The second kappa shape index (κ2) is 10.7. The van der Waals surface area contributed by atoms with Gasteiger partial charge in [-0.3, -0.25) is 0 Å². The van der Waals surface area contributed by atoms with E-state index in [2.05, 4.69) is 60.7 Å². The van der Waals surface area contributed by atoms with E-state index in [0.717, 1.165) is 93.6 Å². The van der Waals surface area contributed by atoms with Crippen LogP contribution < -0.4 is 0 Å². The van der Waals surface area contributed by atoms with E-state index in [-0.39, 0.29) is 0 Å². The molecule has 238 valence electrons. The summed E-state index contributed by atoms with van der Waals surface area (Å²) in [4.78, 5) is 15.1. The third-order valence-corrected chi connectivity index (χ3v) is 9.76. The minimum atomic E-state index is 0.535. The van der Waals surface area contributed by atoms with Gasteiger partial charge in [0.05, 0.1) is 5.56 Å². The smallest absolute Gasteiger partial charge is 0.167 e. The summed E-state index contributed by atoms with van der Waals surface area (Å²) in [6, 6.07) is 51.1. The standard InChI is InChI=1S/C45H25N3O3/c1-2-10-26(11-3-1)43-46-44(28-21-23-39-36(24-28)31-13-5-6-18-37(31)49-39)48-45(47-43)35-17-9-16-34-32-22-20-27(25-40(32)51-42(34)35)29-14-8-15-33-30-12-4-7-19-38(30)50-41(29)33/h1-25H. The van der Waals surface area contributed by atoms with Crippen LogP contribution in [-0.2, 0) is 0 Å². The van der Waals surface area contributed by atoms with Gasteiger partial charge < -0.3 is 13.3 Å². The Morgan fingerprint density at radius 3 is 1.65 bits per heavy atom. The quantitative estimate of drug-likeness (QED) is 0.188. The van der Waals surface area contributed by atoms with Crippen molar-refractivity contribution in [1.29, 1.82) is 0 Å². The molecule has 7 aromatic carbocycles. The minimum Gasteiger partial charge on any atom is -0.456 e. The molecule has 0 saturated carbocycles. The van der Waals surface area contributed by atoms with Crippen molar-refractivity contribution in [1.82, 2.24) is 15.0 Å². The fraction of sp³-hybridized carbons (Fsp3) is 0. The highest BCUT2D eigenvalue weighted by Gasteiger charge is 2.20. The fourth-order valence-electron chi connectivity index (χ4n) is 7.32. The van der Waals surface area contributed by atoms with Crippen LogP contribution in [0.1, 0.15) is 0 Å². The van der Waals surface area contributed by atoms with Crippen molar-refractivity contribution in [2.24, 2.45) is 0 Å². The van der Waals surface area contributed by atoms with Crippen LogP contribution in [0.4, 0.5) is 0 Å². The molecule has 11 aromatic rings. The van der Waals surface area contributed by atoms with E-state index in [9.17, 15) is 0 Å². The molecule has 4 heterocycles. The van der Waals surface area contributed by atoms with Gasteiger partial charge in [-0.25, -0.2) is 15.0 Å². The van der Waals surface area contributed by atoms with E-state index >= 15 is 0 Å². The van der Waals surface area contributed by atoms with Crippen LogP contribution in [0.25, 0.3) is 111 Å². The van der Waals surface area contributed by atoms with Crippen LogP contribution in [0.15, 0.2) is 165 Å². The van der Waals surface area contributed by atoms with Crippen LogP contribution in [0, 0.1) is 0 Å². The molecule has 0 atom stereocenters. The second-order valence-corrected chi connectivity index (χ2v) is 12.8. The van der Waals surface area contributed by atoms with Crippen LogP contribution >= 0.6 is 0 Å². The van der Waals surface area contributed by atoms with Gasteiger partial charge in [-0.1, -0.05) is 103 Å². The Kier molecular flexibility index (Phi) is 5.86. The summed E-state index contributed by atoms with van der Waals surface area (Å²) in [5.74, 6) is 1.69. The Hall–Kier alpha value is -7.05. The van der Waals surface area contributed by atoms with Crippen LogP contribution in [0.3, 0.4) is 0 Å². The molecular weight excluding hydrogens is 631 g/mol. The number of rotatable bonds is 4. The number of aromatic nitrogens is 3. The van der Waals surface area contributed by atoms with Crippen LogP contribution in [0.2, 0.25) is 0 Å². The van der Waals surface area contributed by atoms with Crippen LogP contribution in [-0.4, -0.2) is 15.0 Å². The van der Waals surface area contributed by atoms with Crippen molar-refractivity contribution < 1.29 is 13.3 Å². The van der Waals surface area contributed by atoms with Gasteiger partial charge in [0.25, 0.3) is 0 Å². The highest BCUT2D eigenvalue weighted by molar-refractivity contribution is 6.12. The van der Waals surface area contributed by atoms with E-state index in [1.807, 2.05) is 91.0 Å². The molecule has 6 nitrogen and oxygen atoms in total. The third-order valence-electron chi connectivity index (χ3n) is 9.76. The number of hydrogen-bond donors (Lipinski definition) is 0. The number of furan rings is 3. The average molecular weight is 656 g/mol. The molecule has 0 saturated heterocycles. The largest absolute Gasteiger partial charge is 0.456 e. The van der Waals surface area contributed by atoms with Gasteiger partial charge in [0.15, 0.2) is 17.5 Å². The number of nitrogens with zero attached hydrogens (tertiary/aromatic N) is 3. The van der Waals surface area contributed by atoms with Gasteiger partial charge in [-0.05, 0) is 54.1 Å². The molecule has 0 N–H and O–H groups in total. The first-order chi connectivity index (χ1) is 25.2. The molecule has 4 aromatic heterocycles. The highest BCUT2D eigenvalue weighted by Crippen LogP contribution is 2.40. The predicted octanol–water partition coefficient (Wildman–Crippen LogP) is 12.2. The van der Waals surface area contributed by atoms with Gasteiger partial charge in [0, 0.05) is 49.0 Å². The molecule has 0 amide bonds. The van der Waals surface area contributed by atoms with Crippen molar-refractivity contribution in [2.75, 3.05) is 0 Å². The number of benzene rings is 7. The molecule has 0 bridgehead atoms. The van der Waals surface area contributed by atoms with E-state index in [0.29, 0.717) is 17.5 Å². The summed E-state index contributed by atoms with van der Waals surface area (Å²) in [6.45, 7) is 0. The monoisotopic (exact) mass is 655 g/mol.